The van der Waals surface area contributed by atoms with Crippen molar-refractivity contribution in [2.75, 3.05) is 6.61 Å². The Bertz CT molecular complexity index is 268. The summed E-state index contributed by atoms with van der Waals surface area (Å²) in [7, 11) is -4.24. The van der Waals surface area contributed by atoms with Crippen molar-refractivity contribution in [1.82, 2.24) is 6.15 Å². The maximum absolute atomic E-state index is 10.2. The summed E-state index contributed by atoms with van der Waals surface area (Å²) >= 11 is 0. The Morgan fingerprint density at radius 1 is 0.789 bits per heavy atom. The fraction of sp³-hybridized carbons (Fsp3) is 1.00. The van der Waals surface area contributed by atoms with Crippen molar-refractivity contribution in [2.45, 2.75) is 77.6 Å². The number of unbranched alkanes of at least 4 members (excludes halogenated alkanes) is 10. The smallest absolute Gasteiger partial charge is 0.344 e. The molecule has 0 amide bonds. The van der Waals surface area contributed by atoms with Gasteiger partial charge in [0.15, 0.2) is 0 Å². The predicted molar refractivity (Wildman–Crippen MR) is 79.0 cm³/mol. The zero-order valence-electron chi connectivity index (χ0n) is 12.3. The molecule has 0 spiro atoms. The molecule has 0 radical (unpaired) electrons. The van der Waals surface area contributed by atoms with Crippen molar-refractivity contribution in [3.8, 4) is 0 Å². The van der Waals surface area contributed by atoms with Crippen molar-refractivity contribution in [3.05, 3.63) is 0 Å². The maximum atomic E-state index is 10.2. The van der Waals surface area contributed by atoms with Crippen LogP contribution >= 0.6 is 0 Å². The summed E-state index contributed by atoms with van der Waals surface area (Å²) in [5.74, 6) is 0. The Morgan fingerprint density at radius 3 is 1.53 bits per heavy atom. The van der Waals surface area contributed by atoms with Gasteiger partial charge in [0.25, 0.3) is 0 Å². The first-order chi connectivity index (χ1) is 8.56. The third-order valence-electron chi connectivity index (χ3n) is 2.98. The average molecular weight is 297 g/mol. The van der Waals surface area contributed by atoms with Crippen molar-refractivity contribution in [3.63, 3.8) is 0 Å². The van der Waals surface area contributed by atoms with E-state index in [-0.39, 0.29) is 12.8 Å². The molecule has 5 nitrogen and oxygen atoms in total. The maximum Gasteiger partial charge on any atom is 0.397 e. The molecule has 0 saturated heterocycles. The topological polar surface area (TPSA) is 98.6 Å². The van der Waals surface area contributed by atoms with E-state index >= 15 is 0 Å². The molecule has 0 aliphatic heterocycles. The SMILES string of the molecule is CCCCCCCCCCCCCOS(=O)(=O)O.N. The van der Waals surface area contributed by atoms with Gasteiger partial charge in [-0.1, -0.05) is 71.1 Å². The Hall–Kier alpha value is -0.170. The molecule has 6 heteroatoms. The van der Waals surface area contributed by atoms with Crippen molar-refractivity contribution in [1.29, 1.82) is 0 Å². The molecule has 0 fully saturated rings. The van der Waals surface area contributed by atoms with Gasteiger partial charge in [-0.3, -0.25) is 4.55 Å². The molecule has 4 N–H and O–H groups in total. The van der Waals surface area contributed by atoms with Crippen LogP contribution in [-0.2, 0) is 14.6 Å². The van der Waals surface area contributed by atoms with Gasteiger partial charge in [-0.25, -0.2) is 4.18 Å². The van der Waals surface area contributed by atoms with Crippen LogP contribution in [0.25, 0.3) is 0 Å². The number of hydrogen-bond donors (Lipinski definition) is 2. The number of hydrogen-bond acceptors (Lipinski definition) is 4. The molecule has 0 bridgehead atoms. The van der Waals surface area contributed by atoms with Crippen LogP contribution in [0.15, 0.2) is 0 Å². The van der Waals surface area contributed by atoms with Crippen molar-refractivity contribution >= 4 is 10.4 Å². The molecule has 0 atom stereocenters. The first-order valence-corrected chi connectivity index (χ1v) is 8.54. The molecule has 118 valence electrons. The first kappa shape index (κ1) is 21.1. The van der Waals surface area contributed by atoms with Gasteiger partial charge in [0.1, 0.15) is 0 Å². The van der Waals surface area contributed by atoms with Crippen LogP contribution in [0, 0.1) is 0 Å². The monoisotopic (exact) mass is 297 g/mol. The van der Waals surface area contributed by atoms with Crippen LogP contribution in [0.4, 0.5) is 0 Å². The molecule has 0 aliphatic carbocycles. The average Bonchev–Trinajstić information content (AvgIpc) is 2.29. The van der Waals surface area contributed by atoms with Crippen LogP contribution in [0.1, 0.15) is 77.6 Å². The molecule has 0 unspecified atom stereocenters. The molecule has 0 aromatic rings. The van der Waals surface area contributed by atoms with E-state index in [1.165, 1.54) is 51.4 Å². The molecule has 0 aliphatic rings. The summed E-state index contributed by atoms with van der Waals surface area (Å²) < 4.78 is 33.1. The third-order valence-corrected chi connectivity index (χ3v) is 3.44. The highest BCUT2D eigenvalue weighted by Crippen LogP contribution is 2.11. The second-order valence-corrected chi connectivity index (χ2v) is 5.88. The van der Waals surface area contributed by atoms with Crippen LogP contribution in [0.3, 0.4) is 0 Å². The second-order valence-electron chi connectivity index (χ2n) is 4.79. The predicted octanol–water partition coefficient (Wildman–Crippen LogP) is 4.28. The van der Waals surface area contributed by atoms with E-state index in [0.29, 0.717) is 6.42 Å². The van der Waals surface area contributed by atoms with Crippen LogP contribution in [-0.4, -0.2) is 19.6 Å². The highest BCUT2D eigenvalue weighted by atomic mass is 32.3. The standard InChI is InChI=1S/C13H28O4S.H3N/c1-2-3-4-5-6-7-8-9-10-11-12-13-17-18(14,15)16;/h2-13H2,1H3,(H,14,15,16);1H3. The Labute approximate surface area is 118 Å². The Kier molecular flexibility index (Phi) is 15.8. The van der Waals surface area contributed by atoms with Gasteiger partial charge >= 0.3 is 10.4 Å². The normalized spacial score (nSPS) is 11.3. The molecular weight excluding hydrogens is 266 g/mol. The third kappa shape index (κ3) is 20.3. The van der Waals surface area contributed by atoms with Gasteiger partial charge in [-0.05, 0) is 6.42 Å². The molecule has 0 heterocycles. The Morgan fingerprint density at radius 2 is 1.16 bits per heavy atom. The minimum Gasteiger partial charge on any atom is -0.344 e. The quantitative estimate of drug-likeness (QED) is 0.390. The highest BCUT2D eigenvalue weighted by Gasteiger charge is 2.02. The van der Waals surface area contributed by atoms with E-state index in [9.17, 15) is 8.42 Å². The van der Waals surface area contributed by atoms with E-state index in [4.69, 9.17) is 4.55 Å². The van der Waals surface area contributed by atoms with E-state index in [2.05, 4.69) is 11.1 Å². The van der Waals surface area contributed by atoms with Crippen molar-refractivity contribution in [2.24, 2.45) is 0 Å². The summed E-state index contributed by atoms with van der Waals surface area (Å²) in [6, 6.07) is 0. The largest absolute Gasteiger partial charge is 0.397 e. The summed E-state index contributed by atoms with van der Waals surface area (Å²) in [4.78, 5) is 0. The molecular formula is C13H31NO4S. The van der Waals surface area contributed by atoms with Gasteiger partial charge in [-0.2, -0.15) is 8.42 Å². The van der Waals surface area contributed by atoms with E-state index in [1.54, 1.807) is 0 Å². The van der Waals surface area contributed by atoms with Crippen LogP contribution in [0.5, 0.6) is 0 Å². The lowest BCUT2D eigenvalue weighted by Crippen LogP contribution is -2.04. The first-order valence-electron chi connectivity index (χ1n) is 7.18. The summed E-state index contributed by atoms with van der Waals surface area (Å²) in [6.45, 7) is 2.32. The van der Waals surface area contributed by atoms with E-state index in [1.807, 2.05) is 0 Å². The molecule has 0 aromatic heterocycles. The van der Waals surface area contributed by atoms with Gasteiger partial charge in [0.2, 0.25) is 0 Å². The van der Waals surface area contributed by atoms with Crippen molar-refractivity contribution < 1.29 is 17.2 Å². The fourth-order valence-corrected chi connectivity index (χ4v) is 2.26. The molecule has 0 aromatic carbocycles. The minimum atomic E-state index is -4.24. The molecule has 0 saturated carbocycles. The minimum absolute atomic E-state index is 0. The zero-order valence-corrected chi connectivity index (χ0v) is 13.1. The van der Waals surface area contributed by atoms with Crippen LogP contribution in [0.2, 0.25) is 0 Å². The van der Waals surface area contributed by atoms with Gasteiger partial charge < -0.3 is 6.15 Å². The summed E-state index contributed by atoms with van der Waals surface area (Å²) in [5.41, 5.74) is 0. The summed E-state index contributed by atoms with van der Waals surface area (Å²) in [5, 5.41) is 0. The second kappa shape index (κ2) is 14.2. The number of rotatable bonds is 13. The lowest BCUT2D eigenvalue weighted by atomic mass is 10.1. The zero-order chi connectivity index (χ0) is 13.7. The van der Waals surface area contributed by atoms with Gasteiger partial charge in [-0.15, -0.1) is 0 Å². The molecule has 19 heavy (non-hydrogen) atoms. The Balaban J connectivity index is 0. The summed E-state index contributed by atoms with van der Waals surface area (Å²) in [6.07, 6.45) is 13.3. The van der Waals surface area contributed by atoms with Gasteiger partial charge in [0, 0.05) is 0 Å². The molecule has 0 rings (SSSR count). The lowest BCUT2D eigenvalue weighted by molar-refractivity contribution is 0.261. The van der Waals surface area contributed by atoms with E-state index < -0.39 is 10.4 Å². The fourth-order valence-electron chi connectivity index (χ4n) is 1.93. The lowest BCUT2D eigenvalue weighted by Gasteiger charge is -2.02. The van der Waals surface area contributed by atoms with Gasteiger partial charge in [0.05, 0.1) is 6.61 Å². The van der Waals surface area contributed by atoms with E-state index in [0.717, 1.165) is 12.8 Å². The van der Waals surface area contributed by atoms with Crippen LogP contribution < -0.4 is 6.15 Å². The highest BCUT2D eigenvalue weighted by molar-refractivity contribution is 7.80.